The molecule has 2 aromatic heterocycles. The Morgan fingerprint density at radius 3 is 0.519 bits per heavy atom. The van der Waals surface area contributed by atoms with Crippen LogP contribution in [0.25, 0.3) is 122 Å². The van der Waals surface area contributed by atoms with Crippen LogP contribution in [0.3, 0.4) is 0 Å². The van der Waals surface area contributed by atoms with E-state index in [1.54, 1.807) is 0 Å². The Labute approximate surface area is 785 Å². The number of aromatic nitrogens is 2. The van der Waals surface area contributed by atoms with E-state index in [0.29, 0.717) is 11.1 Å². The number of fused-ring (bicyclic) bond motifs is 16. The summed E-state index contributed by atoms with van der Waals surface area (Å²) >= 11 is 0. The molecule has 1 spiro atoms. The van der Waals surface area contributed by atoms with Crippen molar-refractivity contribution in [1.29, 1.82) is 10.5 Å². The summed E-state index contributed by atoms with van der Waals surface area (Å²) in [6.45, 7) is 0. The molecule has 135 heavy (non-hydrogen) atoms. The third kappa shape index (κ3) is 13.8. The number of hydrogen-bond donors (Lipinski definition) is 0. The molecular weight excluding hydrogens is 1630 g/mol. The molecule has 0 unspecified atom stereocenters. The van der Waals surface area contributed by atoms with Crippen LogP contribution in [-0.2, 0) is 5.41 Å². The molecule has 0 aliphatic heterocycles. The lowest BCUT2D eigenvalue weighted by Crippen LogP contribution is -2.26. The van der Waals surface area contributed by atoms with E-state index in [4.69, 9.17) is 0 Å². The van der Waals surface area contributed by atoms with Crippen LogP contribution >= 0.6 is 0 Å². The third-order valence-electron chi connectivity index (χ3n) is 27.5. The Balaban J connectivity index is 0.778. The average Bonchev–Trinajstić information content (AvgIpc) is 1.50. The Morgan fingerprint density at radius 1 is 0.163 bits per heavy atom. The maximum atomic E-state index is 11.4. The molecule has 4 heteroatoms. The van der Waals surface area contributed by atoms with E-state index in [9.17, 15) is 10.5 Å². The molecule has 0 saturated heterocycles. The highest BCUT2D eigenvalue weighted by Gasteiger charge is 2.53. The highest BCUT2D eigenvalue weighted by Crippen LogP contribution is 2.64. The van der Waals surface area contributed by atoms with Gasteiger partial charge in [-0.15, -0.1) is 0 Å². The quantitative estimate of drug-likeness (QED) is 0.0804. The fourth-order valence-electron chi connectivity index (χ4n) is 21.7. The molecular formula is C131H84N4. The number of nitriles is 2. The van der Waals surface area contributed by atoms with Crippen LogP contribution in [0.2, 0.25) is 0 Å². The lowest BCUT2D eigenvalue weighted by molar-refractivity contribution is 0.790. The summed E-state index contributed by atoms with van der Waals surface area (Å²) < 4.78 is 4.97. The number of hydrogen-bond acceptors (Lipinski definition) is 2. The molecule has 0 radical (unpaired) electrons. The van der Waals surface area contributed by atoms with Crippen LogP contribution in [0.5, 0.6) is 0 Å². The monoisotopic (exact) mass is 1710 g/mol. The van der Waals surface area contributed by atoms with Crippen molar-refractivity contribution < 1.29 is 0 Å². The fourth-order valence-corrected chi connectivity index (χ4v) is 21.7. The first kappa shape index (κ1) is 80.3. The maximum Gasteiger partial charge on any atom is 0.0991 e. The summed E-state index contributed by atoms with van der Waals surface area (Å²) in [7, 11) is 0. The lowest BCUT2D eigenvalue weighted by atomic mass is 9.70. The number of benzene rings is 20. The van der Waals surface area contributed by atoms with Crippen molar-refractivity contribution in [2.24, 2.45) is 0 Å². The molecule has 2 aliphatic carbocycles. The van der Waals surface area contributed by atoms with Crippen LogP contribution in [0.1, 0.15) is 122 Å². The Kier molecular flexibility index (Phi) is 20.3. The van der Waals surface area contributed by atoms with Gasteiger partial charge in [-0.1, -0.05) is 413 Å². The molecule has 24 rings (SSSR count). The first-order valence-electron chi connectivity index (χ1n) is 46.1. The van der Waals surface area contributed by atoms with Gasteiger partial charge in [0.1, 0.15) is 0 Å². The third-order valence-corrected chi connectivity index (χ3v) is 27.5. The maximum absolute atomic E-state index is 11.4. The van der Waals surface area contributed by atoms with Gasteiger partial charge in [0.2, 0.25) is 0 Å². The van der Waals surface area contributed by atoms with Crippen molar-refractivity contribution in [1.82, 2.24) is 9.13 Å². The molecule has 0 bridgehead atoms. The summed E-state index contributed by atoms with van der Waals surface area (Å²) in [5, 5.41) is 27.1. The predicted molar refractivity (Wildman–Crippen MR) is 558 cm³/mol. The topological polar surface area (TPSA) is 57.4 Å². The molecule has 2 heterocycles. The van der Waals surface area contributed by atoms with Gasteiger partial charge in [0.05, 0.1) is 50.7 Å². The van der Waals surface area contributed by atoms with Crippen LogP contribution in [0.15, 0.2) is 510 Å². The Morgan fingerprint density at radius 2 is 0.333 bits per heavy atom. The van der Waals surface area contributed by atoms with Gasteiger partial charge in [-0.2, -0.15) is 10.5 Å². The van der Waals surface area contributed by atoms with E-state index in [2.05, 4.69) is 519 Å². The van der Waals surface area contributed by atoms with Crippen molar-refractivity contribution in [3.05, 3.63) is 632 Å². The second-order valence-corrected chi connectivity index (χ2v) is 34.9. The van der Waals surface area contributed by atoms with Crippen molar-refractivity contribution in [2.45, 2.75) is 5.41 Å². The highest BCUT2D eigenvalue weighted by molar-refractivity contribution is 6.18. The minimum atomic E-state index is -1.10. The second kappa shape index (κ2) is 34.1. The molecule has 4 nitrogen and oxygen atoms in total. The zero-order valence-electron chi connectivity index (χ0n) is 73.8. The van der Waals surface area contributed by atoms with E-state index in [1.807, 2.05) is 12.1 Å². The molecule has 0 N–H and O–H groups in total. The molecule has 22 aromatic rings. The van der Waals surface area contributed by atoms with Crippen molar-refractivity contribution in [2.75, 3.05) is 0 Å². The van der Waals surface area contributed by atoms with Crippen LogP contribution in [0, 0.1) is 22.7 Å². The van der Waals surface area contributed by atoms with Gasteiger partial charge < -0.3 is 9.13 Å². The molecule has 20 aromatic carbocycles. The minimum Gasteiger partial charge on any atom is -0.309 e. The first-order chi connectivity index (χ1) is 66.9. The van der Waals surface area contributed by atoms with Crippen LogP contribution < -0.4 is 0 Å². The van der Waals surface area contributed by atoms with E-state index in [0.717, 1.165) is 233 Å². The van der Waals surface area contributed by atoms with Crippen molar-refractivity contribution in [3.8, 4) is 45.8 Å². The van der Waals surface area contributed by atoms with Crippen molar-refractivity contribution >= 4 is 88.2 Å². The van der Waals surface area contributed by atoms with E-state index >= 15 is 0 Å². The second-order valence-electron chi connectivity index (χ2n) is 34.9. The van der Waals surface area contributed by atoms with Gasteiger partial charge in [0.15, 0.2) is 0 Å². The molecule has 2 aliphatic rings. The SMILES string of the molecule is N#Cc1ccc2c(c1)C1(c3cc(C#N)ccc3-2)c2cc(-n3c4ccc(C(=C(c5ccccc5)c5ccccc5)c5ccccc5)cc4c4cc(C(=C(c5ccccc5)c5ccccc5)c5ccccc5)ccc43)ccc2-c2ccc(-n3c4ccc(C(=C(c5ccccc5)c5ccccc5)c5ccccc5)cc4c4cc(C(=C(c5ccccc5)c5ccccc5)c5ccccc5)ccc43)cc21. The van der Waals surface area contributed by atoms with E-state index in [-0.39, 0.29) is 0 Å². The molecule has 0 saturated carbocycles. The molecule has 0 fully saturated rings. The summed E-state index contributed by atoms with van der Waals surface area (Å²) in [5.41, 5.74) is 40.8. The zero-order valence-corrected chi connectivity index (χ0v) is 73.8. The van der Waals surface area contributed by atoms with Gasteiger partial charge in [-0.3, -0.25) is 0 Å². The Hall–Kier alpha value is -18.1. The lowest BCUT2D eigenvalue weighted by Gasteiger charge is -2.31. The Bertz CT molecular complexity index is 7560. The first-order valence-corrected chi connectivity index (χ1v) is 46.1. The smallest absolute Gasteiger partial charge is 0.0991 e. The van der Waals surface area contributed by atoms with E-state index in [1.165, 1.54) is 0 Å². The standard InChI is InChI=1S/C131H84N4/c132-85-87-61-69-107-108-70-62-88(86-133)78-116(108)131(115(107)77-87)117-83-105(134-119-73-63-101(127(97-53-29-9-30-54-97)123(89-37-13-1-14-38-89)90-39-15-2-16-40-90)79-111(119)112-80-102(64-74-120(112)134)128(98-55-31-10-32-56-98)124(91-41-17-3-18-42-91)92-43-19-4-20-44-92)67-71-109(117)110-72-68-106(84-118(110)131)135-121-75-65-103(129(99-57-33-11-34-58-99)125(93-45-21-5-22-46-93)94-47-23-6-24-48-94)81-113(121)114-82-104(66-76-122(114)135)130(100-59-35-12-36-60-100)126(95-49-25-7-26-50-95)96-51-27-8-28-52-96/h1-84H. The summed E-state index contributed by atoms with van der Waals surface area (Å²) in [6, 6.07) is 191. The fraction of sp³-hybridized carbons (Fsp3) is 0.00763. The van der Waals surface area contributed by atoms with E-state index < -0.39 is 5.41 Å². The van der Waals surface area contributed by atoms with Gasteiger partial charge in [0.25, 0.3) is 0 Å². The largest absolute Gasteiger partial charge is 0.309 e. The zero-order chi connectivity index (χ0) is 89.9. The highest BCUT2D eigenvalue weighted by atomic mass is 15.0. The van der Waals surface area contributed by atoms with Gasteiger partial charge >= 0.3 is 0 Å². The normalized spacial score (nSPS) is 11.9. The number of rotatable bonds is 18. The summed E-state index contributed by atoms with van der Waals surface area (Å²) in [5.74, 6) is 0. The van der Waals surface area contributed by atoms with Gasteiger partial charge in [-0.25, -0.2) is 0 Å². The van der Waals surface area contributed by atoms with Gasteiger partial charge in [0, 0.05) is 32.9 Å². The molecule has 0 amide bonds. The summed E-state index contributed by atoms with van der Waals surface area (Å²) in [4.78, 5) is 0. The van der Waals surface area contributed by atoms with Crippen LogP contribution in [-0.4, -0.2) is 9.13 Å². The van der Waals surface area contributed by atoms with Gasteiger partial charge in [-0.05, 0) is 275 Å². The number of nitrogens with zero attached hydrogens (tertiary/aromatic N) is 4. The molecule has 628 valence electrons. The summed E-state index contributed by atoms with van der Waals surface area (Å²) in [6.07, 6.45) is 0. The van der Waals surface area contributed by atoms with Crippen LogP contribution in [0.4, 0.5) is 0 Å². The minimum absolute atomic E-state index is 0.545. The molecule has 0 atom stereocenters. The predicted octanol–water partition coefficient (Wildman–Crippen LogP) is 32.0. The van der Waals surface area contributed by atoms with Crippen molar-refractivity contribution in [3.63, 3.8) is 0 Å². The average molecular weight is 1710 g/mol.